The number of carbonyl (C=O) groups excluding carboxylic acids is 1. The van der Waals surface area contributed by atoms with Crippen LogP contribution in [0.25, 0.3) is 0 Å². The van der Waals surface area contributed by atoms with Crippen molar-refractivity contribution in [3.63, 3.8) is 0 Å². The van der Waals surface area contributed by atoms with Crippen molar-refractivity contribution in [3.05, 3.63) is 64.2 Å². The van der Waals surface area contributed by atoms with Crippen LogP contribution in [0.4, 0.5) is 8.78 Å². The van der Waals surface area contributed by atoms with Crippen molar-refractivity contribution in [2.75, 3.05) is 7.11 Å². The Bertz CT molecular complexity index is 671. The van der Waals surface area contributed by atoms with E-state index in [2.05, 4.69) is 0 Å². The SMILES string of the molecule is COc1ccc(Cl)cc1CC(=O)Cc1ccc(F)c(F)c1. The Morgan fingerprint density at radius 1 is 1.10 bits per heavy atom. The molecule has 21 heavy (non-hydrogen) atoms. The average molecular weight is 311 g/mol. The molecule has 0 bridgehead atoms. The highest BCUT2D eigenvalue weighted by molar-refractivity contribution is 6.30. The van der Waals surface area contributed by atoms with E-state index < -0.39 is 11.6 Å². The van der Waals surface area contributed by atoms with Gasteiger partial charge in [-0.2, -0.15) is 0 Å². The second-order valence-corrected chi connectivity index (χ2v) is 5.03. The zero-order chi connectivity index (χ0) is 15.4. The minimum Gasteiger partial charge on any atom is -0.496 e. The number of ketones is 1. The zero-order valence-corrected chi connectivity index (χ0v) is 12.1. The number of benzene rings is 2. The first kappa shape index (κ1) is 15.4. The lowest BCUT2D eigenvalue weighted by molar-refractivity contribution is -0.117. The molecule has 0 saturated heterocycles. The summed E-state index contributed by atoms with van der Waals surface area (Å²) in [5, 5.41) is 0.506. The second-order valence-electron chi connectivity index (χ2n) is 4.60. The standard InChI is InChI=1S/C16H13ClF2O2/c1-21-16-5-3-12(17)8-11(16)9-13(20)6-10-2-4-14(18)15(19)7-10/h2-5,7-8H,6,9H2,1H3. The molecule has 0 saturated carbocycles. The number of carbonyl (C=O) groups is 1. The summed E-state index contributed by atoms with van der Waals surface area (Å²) in [6, 6.07) is 8.45. The Kier molecular flexibility index (Phi) is 4.91. The van der Waals surface area contributed by atoms with E-state index in [-0.39, 0.29) is 18.6 Å². The van der Waals surface area contributed by atoms with E-state index in [1.165, 1.54) is 13.2 Å². The molecule has 2 aromatic rings. The van der Waals surface area contributed by atoms with Crippen LogP contribution >= 0.6 is 11.6 Å². The maximum Gasteiger partial charge on any atom is 0.159 e. The van der Waals surface area contributed by atoms with Gasteiger partial charge in [-0.15, -0.1) is 0 Å². The third kappa shape index (κ3) is 4.02. The maximum atomic E-state index is 13.1. The van der Waals surface area contributed by atoms with Crippen molar-refractivity contribution in [2.45, 2.75) is 12.8 Å². The van der Waals surface area contributed by atoms with Gasteiger partial charge in [0.2, 0.25) is 0 Å². The average Bonchev–Trinajstić information content (AvgIpc) is 2.43. The highest BCUT2D eigenvalue weighted by Gasteiger charge is 2.11. The molecule has 110 valence electrons. The van der Waals surface area contributed by atoms with E-state index in [0.29, 0.717) is 21.9 Å². The molecule has 0 aromatic heterocycles. The van der Waals surface area contributed by atoms with Gasteiger partial charge in [-0.05, 0) is 35.9 Å². The molecule has 2 nitrogen and oxygen atoms in total. The van der Waals surface area contributed by atoms with E-state index in [0.717, 1.165) is 12.1 Å². The Morgan fingerprint density at radius 2 is 1.86 bits per heavy atom. The number of hydrogen-bond donors (Lipinski definition) is 0. The Hall–Kier alpha value is -1.94. The summed E-state index contributed by atoms with van der Waals surface area (Å²) < 4.78 is 31.1. The van der Waals surface area contributed by atoms with Crippen LogP contribution in [0.5, 0.6) is 5.75 Å². The van der Waals surface area contributed by atoms with Gasteiger partial charge < -0.3 is 4.74 Å². The second kappa shape index (κ2) is 6.68. The number of Topliss-reactive ketones (excluding diaryl/α,β-unsaturated/α-hetero) is 1. The molecular formula is C16H13ClF2O2. The van der Waals surface area contributed by atoms with Gasteiger partial charge >= 0.3 is 0 Å². The Labute approximate surface area is 126 Å². The van der Waals surface area contributed by atoms with Crippen LogP contribution in [0.3, 0.4) is 0 Å². The summed E-state index contributed by atoms with van der Waals surface area (Å²) >= 11 is 5.90. The molecule has 0 atom stereocenters. The molecule has 0 aliphatic carbocycles. The van der Waals surface area contributed by atoms with Gasteiger partial charge in [0.15, 0.2) is 11.6 Å². The lowest BCUT2D eigenvalue weighted by Gasteiger charge is -2.08. The summed E-state index contributed by atoms with van der Waals surface area (Å²) in [6.07, 6.45) is 0.135. The molecule has 0 fully saturated rings. The first-order valence-corrected chi connectivity index (χ1v) is 6.65. The smallest absolute Gasteiger partial charge is 0.159 e. The first-order chi connectivity index (χ1) is 9.99. The third-order valence-electron chi connectivity index (χ3n) is 3.02. The molecule has 0 spiro atoms. The van der Waals surface area contributed by atoms with Gasteiger partial charge in [-0.25, -0.2) is 8.78 Å². The molecule has 5 heteroatoms. The predicted molar refractivity (Wildman–Crippen MR) is 76.8 cm³/mol. The van der Waals surface area contributed by atoms with E-state index in [1.807, 2.05) is 0 Å². The zero-order valence-electron chi connectivity index (χ0n) is 11.3. The van der Waals surface area contributed by atoms with Crippen LogP contribution < -0.4 is 4.74 Å². The van der Waals surface area contributed by atoms with Crippen LogP contribution in [0.2, 0.25) is 5.02 Å². The third-order valence-corrected chi connectivity index (χ3v) is 3.25. The Morgan fingerprint density at radius 3 is 2.52 bits per heavy atom. The summed E-state index contributed by atoms with van der Waals surface area (Å²) in [6.45, 7) is 0. The summed E-state index contributed by atoms with van der Waals surface area (Å²) in [4.78, 5) is 12.0. The van der Waals surface area contributed by atoms with Gasteiger partial charge in [0.1, 0.15) is 11.5 Å². The molecule has 0 radical (unpaired) electrons. The van der Waals surface area contributed by atoms with Gasteiger partial charge in [0.05, 0.1) is 7.11 Å². The fourth-order valence-electron chi connectivity index (χ4n) is 2.04. The largest absolute Gasteiger partial charge is 0.496 e. The van der Waals surface area contributed by atoms with Crippen LogP contribution in [0, 0.1) is 11.6 Å². The van der Waals surface area contributed by atoms with E-state index in [1.54, 1.807) is 18.2 Å². The van der Waals surface area contributed by atoms with E-state index in [9.17, 15) is 13.6 Å². The number of methoxy groups -OCH3 is 1. The maximum absolute atomic E-state index is 13.1. The van der Waals surface area contributed by atoms with Crippen LogP contribution in [0.1, 0.15) is 11.1 Å². The molecule has 0 aliphatic rings. The molecule has 0 aliphatic heterocycles. The number of halogens is 3. The summed E-state index contributed by atoms with van der Waals surface area (Å²) in [7, 11) is 1.51. The molecule has 0 amide bonds. The Balaban J connectivity index is 2.11. The fourth-order valence-corrected chi connectivity index (χ4v) is 2.23. The van der Waals surface area contributed by atoms with Gasteiger partial charge in [0.25, 0.3) is 0 Å². The van der Waals surface area contributed by atoms with Crippen LogP contribution in [0.15, 0.2) is 36.4 Å². The van der Waals surface area contributed by atoms with Gasteiger partial charge in [-0.1, -0.05) is 17.7 Å². The normalized spacial score (nSPS) is 10.5. The molecule has 0 N–H and O–H groups in total. The van der Waals surface area contributed by atoms with E-state index >= 15 is 0 Å². The summed E-state index contributed by atoms with van der Waals surface area (Å²) in [5.74, 6) is -1.46. The monoisotopic (exact) mass is 310 g/mol. The van der Waals surface area contributed by atoms with Crippen LogP contribution in [-0.2, 0) is 17.6 Å². The molecular weight excluding hydrogens is 298 g/mol. The van der Waals surface area contributed by atoms with Crippen molar-refractivity contribution < 1.29 is 18.3 Å². The number of hydrogen-bond acceptors (Lipinski definition) is 2. The number of ether oxygens (including phenoxy) is 1. The van der Waals surface area contributed by atoms with Crippen molar-refractivity contribution in [3.8, 4) is 5.75 Å². The molecule has 0 unspecified atom stereocenters. The highest BCUT2D eigenvalue weighted by atomic mass is 35.5. The van der Waals surface area contributed by atoms with Gasteiger partial charge in [0, 0.05) is 23.4 Å². The minimum absolute atomic E-state index is 0.0207. The lowest BCUT2D eigenvalue weighted by atomic mass is 10.0. The van der Waals surface area contributed by atoms with E-state index in [4.69, 9.17) is 16.3 Å². The quantitative estimate of drug-likeness (QED) is 0.835. The minimum atomic E-state index is -0.958. The first-order valence-electron chi connectivity index (χ1n) is 6.27. The fraction of sp³-hybridized carbons (Fsp3) is 0.188. The summed E-state index contributed by atoms with van der Waals surface area (Å²) in [5.41, 5.74) is 1.09. The molecule has 2 rings (SSSR count). The van der Waals surface area contributed by atoms with Crippen molar-refractivity contribution >= 4 is 17.4 Å². The number of rotatable bonds is 5. The molecule has 2 aromatic carbocycles. The van der Waals surface area contributed by atoms with Crippen LogP contribution in [-0.4, -0.2) is 12.9 Å². The predicted octanol–water partition coefficient (Wildman–Crippen LogP) is 3.98. The topological polar surface area (TPSA) is 26.3 Å². The van der Waals surface area contributed by atoms with Gasteiger partial charge in [-0.3, -0.25) is 4.79 Å². The molecule has 0 heterocycles. The van der Waals surface area contributed by atoms with Crippen molar-refractivity contribution in [1.82, 2.24) is 0 Å². The lowest BCUT2D eigenvalue weighted by Crippen LogP contribution is -2.08. The van der Waals surface area contributed by atoms with Crippen molar-refractivity contribution in [1.29, 1.82) is 0 Å². The van der Waals surface area contributed by atoms with Crippen molar-refractivity contribution in [2.24, 2.45) is 0 Å². The highest BCUT2D eigenvalue weighted by Crippen LogP contribution is 2.23.